The molecule has 0 unspecified atom stereocenters. The fraction of sp³-hybridized carbons (Fsp3) is 0.550. The van der Waals surface area contributed by atoms with Crippen LogP contribution in [-0.4, -0.2) is 52.6 Å². The molecule has 6 heteroatoms. The number of hydrogen-bond acceptors (Lipinski definition) is 4. The monoisotopic (exact) mass is 354 g/mol. The Morgan fingerprint density at radius 1 is 1.15 bits per heavy atom. The number of hydrogen-bond donors (Lipinski definition) is 1. The largest absolute Gasteiger partial charge is 0.368 e. The first kappa shape index (κ1) is 17.2. The standard InChI is InChI=1S/C20H26N4O2/c21-20(26)18-12-15-8-4-5-9-17(15)23(18)13-19(25)24-11-10-16(22-24)14-6-2-1-3-7-14/h1-3,6-7,15,17-18H,4-5,8-13H2,(H2,21,26)/t15-,17-,18-/m0/s1. The zero-order valence-electron chi connectivity index (χ0n) is 15.0. The number of likely N-dealkylation sites (tertiary alicyclic amines) is 1. The fourth-order valence-electron chi connectivity index (χ4n) is 4.77. The molecular formula is C20H26N4O2. The average molecular weight is 354 g/mol. The molecule has 1 aromatic rings. The molecule has 1 aliphatic carbocycles. The molecule has 3 aliphatic rings. The van der Waals surface area contributed by atoms with E-state index in [1.54, 1.807) is 5.01 Å². The molecule has 6 nitrogen and oxygen atoms in total. The van der Waals surface area contributed by atoms with Gasteiger partial charge in [-0.15, -0.1) is 0 Å². The number of nitrogens with zero attached hydrogens (tertiary/aromatic N) is 3. The molecule has 26 heavy (non-hydrogen) atoms. The summed E-state index contributed by atoms with van der Waals surface area (Å²) in [4.78, 5) is 26.8. The Kier molecular flexibility index (Phi) is 4.76. The van der Waals surface area contributed by atoms with Crippen molar-refractivity contribution < 1.29 is 9.59 Å². The lowest BCUT2D eigenvalue weighted by molar-refractivity contribution is -0.134. The van der Waals surface area contributed by atoms with Gasteiger partial charge < -0.3 is 5.73 Å². The second-order valence-corrected chi connectivity index (χ2v) is 7.62. The molecule has 1 saturated heterocycles. The minimum atomic E-state index is -0.313. The van der Waals surface area contributed by atoms with Crippen LogP contribution in [0.4, 0.5) is 0 Å². The molecule has 2 amide bonds. The van der Waals surface area contributed by atoms with Crippen molar-refractivity contribution in [1.29, 1.82) is 0 Å². The van der Waals surface area contributed by atoms with Crippen LogP contribution in [0, 0.1) is 5.92 Å². The van der Waals surface area contributed by atoms with E-state index in [9.17, 15) is 9.59 Å². The molecule has 138 valence electrons. The maximum atomic E-state index is 12.8. The lowest BCUT2D eigenvalue weighted by Crippen LogP contribution is -2.49. The summed E-state index contributed by atoms with van der Waals surface area (Å²) in [7, 11) is 0. The number of nitrogens with two attached hydrogens (primary N) is 1. The Bertz CT molecular complexity index is 718. The van der Waals surface area contributed by atoms with Gasteiger partial charge in [0.2, 0.25) is 5.91 Å². The topological polar surface area (TPSA) is 79.0 Å². The van der Waals surface area contributed by atoms with Crippen LogP contribution in [0.25, 0.3) is 0 Å². The molecule has 0 radical (unpaired) electrons. The number of benzene rings is 1. The zero-order chi connectivity index (χ0) is 18.1. The molecule has 2 heterocycles. The summed E-state index contributed by atoms with van der Waals surface area (Å²) in [5, 5.41) is 6.10. The number of fused-ring (bicyclic) bond motifs is 1. The van der Waals surface area contributed by atoms with Crippen molar-refractivity contribution in [2.24, 2.45) is 16.8 Å². The average Bonchev–Trinajstić information content (AvgIpc) is 3.28. The summed E-state index contributed by atoms with van der Waals surface area (Å²) in [6.07, 6.45) is 6.13. The van der Waals surface area contributed by atoms with Crippen LogP contribution >= 0.6 is 0 Å². The van der Waals surface area contributed by atoms with Gasteiger partial charge in [0, 0.05) is 12.5 Å². The molecule has 0 spiro atoms. The van der Waals surface area contributed by atoms with E-state index in [1.807, 2.05) is 30.3 Å². The molecule has 1 aromatic carbocycles. The van der Waals surface area contributed by atoms with Gasteiger partial charge >= 0.3 is 0 Å². The van der Waals surface area contributed by atoms with E-state index in [1.165, 1.54) is 6.42 Å². The Balaban J connectivity index is 1.47. The Morgan fingerprint density at radius 2 is 1.92 bits per heavy atom. The highest BCUT2D eigenvalue weighted by Crippen LogP contribution is 2.39. The van der Waals surface area contributed by atoms with Crippen molar-refractivity contribution in [1.82, 2.24) is 9.91 Å². The highest BCUT2D eigenvalue weighted by Gasteiger charge is 2.45. The minimum Gasteiger partial charge on any atom is -0.368 e. The van der Waals surface area contributed by atoms with E-state index in [4.69, 9.17) is 5.73 Å². The number of hydrazone groups is 1. The van der Waals surface area contributed by atoms with E-state index >= 15 is 0 Å². The lowest BCUT2D eigenvalue weighted by Gasteiger charge is -2.33. The van der Waals surface area contributed by atoms with E-state index in [-0.39, 0.29) is 24.4 Å². The maximum Gasteiger partial charge on any atom is 0.256 e. The van der Waals surface area contributed by atoms with Gasteiger partial charge in [-0.1, -0.05) is 43.2 Å². The van der Waals surface area contributed by atoms with Crippen LogP contribution in [0.15, 0.2) is 35.4 Å². The smallest absolute Gasteiger partial charge is 0.256 e. The first-order valence-corrected chi connectivity index (χ1v) is 9.62. The third-order valence-electron chi connectivity index (χ3n) is 6.06. The first-order valence-electron chi connectivity index (χ1n) is 9.62. The molecular weight excluding hydrogens is 328 g/mol. The summed E-state index contributed by atoms with van der Waals surface area (Å²) >= 11 is 0. The molecule has 1 saturated carbocycles. The lowest BCUT2D eigenvalue weighted by atomic mass is 9.84. The Hall–Kier alpha value is -2.21. The van der Waals surface area contributed by atoms with Crippen molar-refractivity contribution >= 4 is 17.5 Å². The number of rotatable bonds is 4. The van der Waals surface area contributed by atoms with Crippen LogP contribution in [0.3, 0.4) is 0 Å². The van der Waals surface area contributed by atoms with Crippen LogP contribution in [0.5, 0.6) is 0 Å². The Labute approximate surface area is 154 Å². The number of primary amides is 1. The van der Waals surface area contributed by atoms with E-state index in [0.29, 0.717) is 18.5 Å². The second-order valence-electron chi connectivity index (χ2n) is 7.62. The van der Waals surface area contributed by atoms with Crippen LogP contribution in [0.2, 0.25) is 0 Å². The van der Waals surface area contributed by atoms with E-state index < -0.39 is 0 Å². The molecule has 0 bridgehead atoms. The molecule has 2 N–H and O–H groups in total. The second kappa shape index (κ2) is 7.19. The van der Waals surface area contributed by atoms with Crippen molar-refractivity contribution in [2.45, 2.75) is 50.6 Å². The predicted molar refractivity (Wildman–Crippen MR) is 99.4 cm³/mol. The van der Waals surface area contributed by atoms with Crippen molar-refractivity contribution in [3.8, 4) is 0 Å². The maximum absolute atomic E-state index is 12.8. The fourth-order valence-corrected chi connectivity index (χ4v) is 4.77. The van der Waals surface area contributed by atoms with Gasteiger partial charge in [0.05, 0.1) is 24.8 Å². The third-order valence-corrected chi connectivity index (χ3v) is 6.06. The van der Waals surface area contributed by atoms with Gasteiger partial charge in [-0.25, -0.2) is 5.01 Å². The molecule has 3 atom stereocenters. The zero-order valence-corrected chi connectivity index (χ0v) is 15.0. The van der Waals surface area contributed by atoms with Gasteiger partial charge in [0.25, 0.3) is 5.91 Å². The van der Waals surface area contributed by atoms with Crippen LogP contribution < -0.4 is 5.73 Å². The number of carbonyl (C=O) groups is 2. The first-order chi connectivity index (χ1) is 12.6. The number of amides is 2. The Morgan fingerprint density at radius 3 is 2.69 bits per heavy atom. The van der Waals surface area contributed by atoms with E-state index in [2.05, 4.69) is 10.0 Å². The van der Waals surface area contributed by atoms with Gasteiger partial charge in [0.1, 0.15) is 0 Å². The van der Waals surface area contributed by atoms with Crippen molar-refractivity contribution in [2.75, 3.05) is 13.1 Å². The van der Waals surface area contributed by atoms with Crippen LogP contribution in [0.1, 0.15) is 44.1 Å². The summed E-state index contributed by atoms with van der Waals surface area (Å²) in [6.45, 7) is 0.840. The van der Waals surface area contributed by atoms with Gasteiger partial charge in [0.15, 0.2) is 0 Å². The minimum absolute atomic E-state index is 0.0339. The normalized spacial score (nSPS) is 28.7. The predicted octanol–water partition coefficient (Wildman–Crippen LogP) is 1.74. The summed E-state index contributed by atoms with van der Waals surface area (Å²) in [6, 6.07) is 9.96. The molecule has 2 fully saturated rings. The molecule has 4 rings (SSSR count). The molecule has 0 aromatic heterocycles. The quantitative estimate of drug-likeness (QED) is 0.894. The third kappa shape index (κ3) is 3.26. The molecule has 2 aliphatic heterocycles. The summed E-state index contributed by atoms with van der Waals surface area (Å²) < 4.78 is 0. The van der Waals surface area contributed by atoms with Gasteiger partial charge in [-0.3, -0.25) is 14.5 Å². The van der Waals surface area contributed by atoms with Crippen molar-refractivity contribution in [3.63, 3.8) is 0 Å². The summed E-state index contributed by atoms with van der Waals surface area (Å²) in [5.41, 5.74) is 7.64. The summed E-state index contributed by atoms with van der Waals surface area (Å²) in [5.74, 6) is 0.159. The van der Waals surface area contributed by atoms with Crippen molar-refractivity contribution in [3.05, 3.63) is 35.9 Å². The SMILES string of the molecule is NC(=O)[C@@H]1C[C@@H]2CCCC[C@@H]2N1CC(=O)N1CCC(c2ccccc2)=N1. The van der Waals surface area contributed by atoms with Gasteiger partial charge in [-0.05, 0) is 30.7 Å². The van der Waals surface area contributed by atoms with Crippen LogP contribution in [-0.2, 0) is 9.59 Å². The number of carbonyl (C=O) groups excluding carboxylic acids is 2. The van der Waals surface area contributed by atoms with Gasteiger partial charge in [-0.2, -0.15) is 5.10 Å². The van der Waals surface area contributed by atoms with E-state index in [0.717, 1.165) is 43.4 Å². The highest BCUT2D eigenvalue weighted by molar-refractivity contribution is 6.02. The highest BCUT2D eigenvalue weighted by atomic mass is 16.2.